The largest absolute Gasteiger partial charge is 0.321 e. The molecule has 0 radical (unpaired) electrons. The van der Waals surface area contributed by atoms with Crippen LogP contribution < -0.4 is 5.32 Å². The van der Waals surface area contributed by atoms with Crippen LogP contribution in [0.3, 0.4) is 0 Å². The molecule has 0 saturated heterocycles. The highest BCUT2D eigenvalue weighted by molar-refractivity contribution is 6.02. The molecule has 116 valence electrons. The van der Waals surface area contributed by atoms with Gasteiger partial charge in [0.25, 0.3) is 5.91 Å². The van der Waals surface area contributed by atoms with E-state index in [2.05, 4.69) is 22.2 Å². The second kappa shape index (κ2) is 8.93. The Bertz CT molecular complexity index is 584. The van der Waals surface area contributed by atoms with Gasteiger partial charge in [-0.3, -0.25) is 9.78 Å². The van der Waals surface area contributed by atoms with Gasteiger partial charge in [-0.15, -0.1) is 0 Å². The summed E-state index contributed by atoms with van der Waals surface area (Å²) in [6.45, 7) is 2.21. The Morgan fingerprint density at radius 1 is 1.05 bits per heavy atom. The number of carbonyl (C=O) groups is 1. The van der Waals surface area contributed by atoms with Gasteiger partial charge in [0.2, 0.25) is 0 Å². The van der Waals surface area contributed by atoms with Crippen LogP contribution in [0.1, 0.15) is 55.2 Å². The van der Waals surface area contributed by atoms with Crippen molar-refractivity contribution in [2.75, 3.05) is 5.32 Å². The third kappa shape index (κ3) is 5.28. The first kappa shape index (κ1) is 16.1. The molecule has 4 heteroatoms. The first-order valence-electron chi connectivity index (χ1n) is 7.97. The number of benzene rings is 1. The first-order chi connectivity index (χ1) is 10.8. The fraction of sp³-hybridized carbons (Fsp3) is 0.389. The molecular weight excluding hydrogens is 274 g/mol. The molecule has 0 unspecified atom stereocenters. The lowest BCUT2D eigenvalue weighted by Crippen LogP contribution is -2.14. The molecule has 0 bridgehead atoms. The second-order valence-corrected chi connectivity index (χ2v) is 5.38. The van der Waals surface area contributed by atoms with Crippen LogP contribution in [-0.4, -0.2) is 15.9 Å². The molecule has 2 rings (SSSR count). The van der Waals surface area contributed by atoms with Crippen molar-refractivity contribution < 1.29 is 4.79 Å². The third-order valence-corrected chi connectivity index (χ3v) is 3.49. The summed E-state index contributed by atoms with van der Waals surface area (Å²) in [6.07, 6.45) is 10.2. The number of anilines is 1. The fourth-order valence-corrected chi connectivity index (χ4v) is 2.26. The monoisotopic (exact) mass is 297 g/mol. The number of nitrogens with one attached hydrogen (secondary N) is 1. The summed E-state index contributed by atoms with van der Waals surface area (Å²) in [7, 11) is 0. The second-order valence-electron chi connectivity index (χ2n) is 5.38. The van der Waals surface area contributed by atoms with Crippen molar-refractivity contribution in [3.05, 3.63) is 54.1 Å². The van der Waals surface area contributed by atoms with Crippen molar-refractivity contribution in [2.45, 2.75) is 45.4 Å². The molecule has 1 aromatic heterocycles. The van der Waals surface area contributed by atoms with Crippen molar-refractivity contribution in [1.29, 1.82) is 0 Å². The minimum Gasteiger partial charge on any atom is -0.321 e. The average molecular weight is 297 g/mol. The topological polar surface area (TPSA) is 54.9 Å². The third-order valence-electron chi connectivity index (χ3n) is 3.49. The highest BCUT2D eigenvalue weighted by Gasteiger charge is 2.09. The molecule has 22 heavy (non-hydrogen) atoms. The summed E-state index contributed by atoms with van der Waals surface area (Å²) in [5.74, 6) is -0.216. The van der Waals surface area contributed by atoms with Gasteiger partial charge in [0.1, 0.15) is 5.69 Å². The van der Waals surface area contributed by atoms with Crippen LogP contribution in [0.5, 0.6) is 0 Å². The van der Waals surface area contributed by atoms with E-state index in [0.29, 0.717) is 5.69 Å². The van der Waals surface area contributed by atoms with Gasteiger partial charge in [-0.2, -0.15) is 0 Å². The maximum Gasteiger partial charge on any atom is 0.275 e. The lowest BCUT2D eigenvalue weighted by atomic mass is 10.1. The summed E-state index contributed by atoms with van der Waals surface area (Å²) in [4.78, 5) is 20.7. The molecule has 1 amide bonds. The highest BCUT2D eigenvalue weighted by Crippen LogP contribution is 2.09. The maximum atomic E-state index is 12.2. The quantitative estimate of drug-likeness (QED) is 0.741. The molecule has 0 spiro atoms. The van der Waals surface area contributed by atoms with Gasteiger partial charge in [-0.05, 0) is 25.0 Å². The predicted molar refractivity (Wildman–Crippen MR) is 88.9 cm³/mol. The number of amides is 1. The van der Waals surface area contributed by atoms with E-state index in [-0.39, 0.29) is 5.91 Å². The summed E-state index contributed by atoms with van der Waals surface area (Å²) in [5, 5.41) is 2.83. The van der Waals surface area contributed by atoms with Gasteiger partial charge in [-0.1, -0.05) is 50.8 Å². The minimum atomic E-state index is -0.216. The SMILES string of the molecule is CCCCCCCc1cncc(C(=O)Nc2ccccc2)n1. The Hall–Kier alpha value is -2.23. The van der Waals surface area contributed by atoms with Crippen molar-refractivity contribution >= 4 is 11.6 Å². The van der Waals surface area contributed by atoms with Crippen molar-refractivity contribution in [1.82, 2.24) is 9.97 Å². The Morgan fingerprint density at radius 2 is 1.82 bits per heavy atom. The zero-order valence-corrected chi connectivity index (χ0v) is 13.1. The van der Waals surface area contributed by atoms with Crippen molar-refractivity contribution in [3.8, 4) is 0 Å². The van der Waals surface area contributed by atoms with Gasteiger partial charge >= 0.3 is 0 Å². The summed E-state index contributed by atoms with van der Waals surface area (Å²) in [5.41, 5.74) is 2.02. The fourth-order valence-electron chi connectivity index (χ4n) is 2.26. The van der Waals surface area contributed by atoms with Crippen LogP contribution in [0.25, 0.3) is 0 Å². The molecule has 0 atom stereocenters. The lowest BCUT2D eigenvalue weighted by Gasteiger charge is -2.06. The number of aromatic nitrogens is 2. The number of hydrogen-bond acceptors (Lipinski definition) is 3. The van der Waals surface area contributed by atoms with Crippen LogP contribution >= 0.6 is 0 Å². The van der Waals surface area contributed by atoms with E-state index in [1.54, 1.807) is 6.20 Å². The highest BCUT2D eigenvalue weighted by atomic mass is 16.1. The Labute approximate surface area is 132 Å². The average Bonchev–Trinajstić information content (AvgIpc) is 2.56. The Morgan fingerprint density at radius 3 is 2.59 bits per heavy atom. The minimum absolute atomic E-state index is 0.216. The van der Waals surface area contributed by atoms with Gasteiger partial charge in [-0.25, -0.2) is 4.98 Å². The number of nitrogens with zero attached hydrogens (tertiary/aromatic N) is 2. The number of carbonyl (C=O) groups excluding carboxylic acids is 1. The van der Waals surface area contributed by atoms with E-state index >= 15 is 0 Å². The van der Waals surface area contributed by atoms with Crippen LogP contribution in [-0.2, 0) is 6.42 Å². The van der Waals surface area contributed by atoms with E-state index in [0.717, 1.165) is 24.2 Å². The zero-order chi connectivity index (χ0) is 15.6. The molecule has 4 nitrogen and oxygen atoms in total. The molecule has 0 saturated carbocycles. The summed E-state index contributed by atoms with van der Waals surface area (Å²) >= 11 is 0. The van der Waals surface area contributed by atoms with Crippen LogP contribution in [0.2, 0.25) is 0 Å². The van der Waals surface area contributed by atoms with Gasteiger partial charge in [0, 0.05) is 11.9 Å². The van der Waals surface area contributed by atoms with Crippen LogP contribution in [0, 0.1) is 0 Å². The smallest absolute Gasteiger partial charge is 0.275 e. The van der Waals surface area contributed by atoms with Crippen LogP contribution in [0.15, 0.2) is 42.7 Å². The number of unbranched alkanes of at least 4 members (excludes halogenated alkanes) is 4. The van der Waals surface area contributed by atoms with Crippen molar-refractivity contribution in [2.24, 2.45) is 0 Å². The van der Waals surface area contributed by atoms with Gasteiger partial charge in [0.15, 0.2) is 0 Å². The van der Waals surface area contributed by atoms with Gasteiger partial charge < -0.3 is 5.32 Å². The molecule has 0 aliphatic rings. The number of hydrogen-bond donors (Lipinski definition) is 1. The standard InChI is InChI=1S/C18H23N3O/c1-2-3-4-5-7-12-16-13-19-14-17(20-16)18(22)21-15-10-8-6-9-11-15/h6,8-11,13-14H,2-5,7,12H2,1H3,(H,21,22). The first-order valence-corrected chi connectivity index (χ1v) is 7.97. The van der Waals surface area contributed by atoms with Crippen molar-refractivity contribution in [3.63, 3.8) is 0 Å². The van der Waals surface area contributed by atoms with E-state index in [9.17, 15) is 4.79 Å². The van der Waals surface area contributed by atoms with E-state index in [4.69, 9.17) is 0 Å². The molecule has 1 N–H and O–H groups in total. The zero-order valence-electron chi connectivity index (χ0n) is 13.1. The summed E-state index contributed by atoms with van der Waals surface area (Å²) < 4.78 is 0. The van der Waals surface area contributed by atoms with Crippen LogP contribution in [0.4, 0.5) is 5.69 Å². The Kier molecular flexibility index (Phi) is 6.55. The van der Waals surface area contributed by atoms with E-state index in [1.165, 1.54) is 31.9 Å². The maximum absolute atomic E-state index is 12.2. The normalized spacial score (nSPS) is 10.4. The molecule has 0 aliphatic carbocycles. The number of aryl methyl sites for hydroxylation is 1. The van der Waals surface area contributed by atoms with E-state index < -0.39 is 0 Å². The van der Waals surface area contributed by atoms with E-state index in [1.807, 2.05) is 30.3 Å². The molecule has 0 aliphatic heterocycles. The predicted octanol–water partition coefficient (Wildman–Crippen LogP) is 4.24. The lowest BCUT2D eigenvalue weighted by molar-refractivity contribution is 0.102. The molecule has 1 aromatic carbocycles. The Balaban J connectivity index is 1.89. The van der Waals surface area contributed by atoms with Gasteiger partial charge in [0.05, 0.1) is 11.9 Å². The number of para-hydroxylation sites is 1. The molecule has 2 aromatic rings. The molecule has 0 fully saturated rings. The molecule has 1 heterocycles. The summed E-state index contributed by atoms with van der Waals surface area (Å²) in [6, 6.07) is 9.38. The number of rotatable bonds is 8. The molecular formula is C18H23N3O.